The number of nitrogens with one attached hydrogen (secondary N) is 3. The average molecular weight is 948 g/mol. The highest BCUT2D eigenvalue weighted by Gasteiger charge is 2.48. The van der Waals surface area contributed by atoms with Crippen molar-refractivity contribution in [3.05, 3.63) is 138 Å². The summed E-state index contributed by atoms with van der Waals surface area (Å²) in [6.07, 6.45) is 1.97. The molecule has 2 fully saturated rings. The van der Waals surface area contributed by atoms with E-state index >= 15 is 0 Å². The second kappa shape index (κ2) is 19.0. The summed E-state index contributed by atoms with van der Waals surface area (Å²) in [4.78, 5) is 18.2. The molecule has 64 heavy (non-hydrogen) atoms. The van der Waals surface area contributed by atoms with Gasteiger partial charge in [-0.15, -0.1) is 11.8 Å². The van der Waals surface area contributed by atoms with E-state index in [0.717, 1.165) is 76.3 Å². The highest BCUT2D eigenvalue weighted by atomic mass is 35.5. The normalized spacial score (nSPS) is 14.9. The Balaban J connectivity index is 0.934. The quantitative estimate of drug-likeness (QED) is 0.0689. The van der Waals surface area contributed by atoms with Crippen LogP contribution in [0.25, 0.3) is 22.4 Å². The van der Waals surface area contributed by atoms with Gasteiger partial charge in [-0.25, -0.2) is 12.6 Å². The highest BCUT2D eigenvalue weighted by Crippen LogP contribution is 2.41. The van der Waals surface area contributed by atoms with Gasteiger partial charge in [0, 0.05) is 89.8 Å². The van der Waals surface area contributed by atoms with E-state index in [0.29, 0.717) is 35.1 Å². The lowest BCUT2D eigenvalue weighted by Crippen LogP contribution is -2.46. The van der Waals surface area contributed by atoms with Crippen molar-refractivity contribution in [2.24, 2.45) is 7.05 Å². The molecule has 3 N–H and O–H groups in total. The fourth-order valence-electron chi connectivity index (χ4n) is 7.76. The minimum atomic E-state index is -5.76. The van der Waals surface area contributed by atoms with Gasteiger partial charge in [0.15, 0.2) is 0 Å². The van der Waals surface area contributed by atoms with Crippen molar-refractivity contribution in [2.45, 2.75) is 46.0 Å². The lowest BCUT2D eigenvalue weighted by molar-refractivity contribution is -0.0435. The number of amides is 1. The Morgan fingerprint density at radius 2 is 1.50 bits per heavy atom. The fraction of sp³-hybridized carbons (Fsp3) is 0.255. The Labute approximate surface area is 382 Å². The summed E-state index contributed by atoms with van der Waals surface area (Å²) < 4.78 is 85.0. The number of carbonyl (C=O) groups is 1. The summed E-state index contributed by atoms with van der Waals surface area (Å²) in [6.45, 7) is 5.03. The predicted octanol–water partition coefficient (Wildman–Crippen LogP) is 10.2. The van der Waals surface area contributed by atoms with E-state index in [4.69, 9.17) is 11.6 Å². The molecule has 1 unspecified atom stereocenters. The summed E-state index contributed by atoms with van der Waals surface area (Å²) in [5.74, 6) is 0.393. The van der Waals surface area contributed by atoms with Gasteiger partial charge < -0.3 is 29.7 Å². The molecule has 1 aliphatic heterocycles. The van der Waals surface area contributed by atoms with Crippen molar-refractivity contribution in [1.82, 2.24) is 9.88 Å². The molecular weight excluding hydrogens is 901 g/mol. The Morgan fingerprint density at radius 3 is 2.16 bits per heavy atom. The average Bonchev–Trinajstić information content (AvgIpc) is 4.07. The summed E-state index contributed by atoms with van der Waals surface area (Å²) in [6, 6.07) is 36.2. The standard InChI is InChI=1S/C47H46ClF3N6O4S3/c1-31-43(46(58)53-35-15-16-35)44(45(55(31)2)32-11-13-34(48)14-12-32)33-7-6-8-38(29-33)57-26-24-56(25-27-57)37-19-17-36(18-20-37)54-63(59)40-21-22-41(42(30-40)64(60,61)47(49,50)51)52-23-28-62-39-9-4-3-5-10-39/h3-14,17-22,29-30,35,52,54H,15-16,23-28H2,1-2H3,(H,53,58). The lowest BCUT2D eigenvalue weighted by Gasteiger charge is -2.37. The van der Waals surface area contributed by atoms with E-state index in [2.05, 4.69) is 47.9 Å². The topological polar surface area (TPSA) is 116 Å². The molecule has 334 valence electrons. The second-order valence-corrected chi connectivity index (χ2v) is 20.4. The number of rotatable bonds is 15. The summed E-state index contributed by atoms with van der Waals surface area (Å²) in [5.41, 5.74) is 1.89. The van der Waals surface area contributed by atoms with Gasteiger partial charge in [-0.3, -0.25) is 4.79 Å². The number of benzene rings is 5. The van der Waals surface area contributed by atoms with Crippen LogP contribution in [0.5, 0.6) is 0 Å². The maximum atomic E-state index is 13.8. The minimum Gasteiger partial charge on any atom is -0.383 e. The van der Waals surface area contributed by atoms with Gasteiger partial charge in [0.2, 0.25) is 0 Å². The zero-order valence-electron chi connectivity index (χ0n) is 35.0. The van der Waals surface area contributed by atoms with Crippen LogP contribution >= 0.6 is 23.4 Å². The van der Waals surface area contributed by atoms with Crippen LogP contribution in [-0.4, -0.2) is 73.1 Å². The Hall–Kier alpha value is -5.42. The number of piperazine rings is 1. The van der Waals surface area contributed by atoms with E-state index < -0.39 is 31.2 Å². The molecule has 1 aliphatic carbocycles. The Bertz CT molecular complexity index is 2780. The molecule has 0 radical (unpaired) electrons. The first-order chi connectivity index (χ1) is 30.7. The smallest absolute Gasteiger partial charge is 0.383 e. The number of nitrogens with zero attached hydrogens (tertiary/aromatic N) is 3. The lowest BCUT2D eigenvalue weighted by atomic mass is 9.95. The van der Waals surface area contributed by atoms with Gasteiger partial charge in [-0.2, -0.15) is 13.2 Å². The number of carbonyl (C=O) groups excluding carboxylic acids is 1. The summed E-state index contributed by atoms with van der Waals surface area (Å²) in [5, 5.41) is 6.65. The molecule has 10 nitrogen and oxygen atoms in total. The number of halogens is 4. The van der Waals surface area contributed by atoms with Crippen LogP contribution < -0.4 is 25.2 Å². The van der Waals surface area contributed by atoms with Gasteiger partial charge in [-0.05, 0) is 110 Å². The van der Waals surface area contributed by atoms with E-state index in [1.807, 2.05) is 86.8 Å². The minimum absolute atomic E-state index is 0.0744. The molecule has 6 aromatic rings. The SMILES string of the molecule is Cc1c(C(=O)NC2CC2)c(-c2cccc(N3CCN(c4ccc(NS(=O)c5ccc(NCCSc6ccccc6)c(S(=O)(=O)C(F)(F)F)c5)cc4)CC3)c2)c(-c2ccc(Cl)cc2)n1C. The van der Waals surface area contributed by atoms with Gasteiger partial charge in [0.05, 0.1) is 21.8 Å². The number of alkyl halides is 3. The predicted molar refractivity (Wildman–Crippen MR) is 253 cm³/mol. The zero-order valence-corrected chi connectivity index (χ0v) is 38.2. The zero-order chi connectivity index (χ0) is 45.2. The molecule has 1 amide bonds. The molecule has 5 aromatic carbocycles. The van der Waals surface area contributed by atoms with Crippen molar-refractivity contribution >= 4 is 72.8 Å². The molecule has 0 spiro atoms. The Morgan fingerprint density at radius 1 is 0.828 bits per heavy atom. The van der Waals surface area contributed by atoms with Crippen LogP contribution in [0.15, 0.2) is 136 Å². The van der Waals surface area contributed by atoms with Gasteiger partial charge in [0.1, 0.15) is 15.9 Å². The molecule has 8 rings (SSSR count). The van der Waals surface area contributed by atoms with Crippen LogP contribution in [0.2, 0.25) is 5.02 Å². The molecule has 1 aromatic heterocycles. The first-order valence-corrected chi connectivity index (χ1v) is 24.7. The van der Waals surface area contributed by atoms with Crippen molar-refractivity contribution in [3.63, 3.8) is 0 Å². The molecule has 1 saturated heterocycles. The van der Waals surface area contributed by atoms with Crippen molar-refractivity contribution < 1.29 is 30.6 Å². The van der Waals surface area contributed by atoms with Crippen molar-refractivity contribution in [2.75, 3.05) is 58.3 Å². The molecule has 0 bridgehead atoms. The molecule has 2 heterocycles. The molecular formula is C47H46ClF3N6O4S3. The molecule has 2 aliphatic rings. The largest absolute Gasteiger partial charge is 0.501 e. The van der Waals surface area contributed by atoms with E-state index in [1.54, 1.807) is 12.1 Å². The third-order valence-electron chi connectivity index (χ3n) is 11.4. The summed E-state index contributed by atoms with van der Waals surface area (Å²) in [7, 11) is -5.86. The summed E-state index contributed by atoms with van der Waals surface area (Å²) >= 11 is 7.74. The van der Waals surface area contributed by atoms with Crippen LogP contribution in [0.1, 0.15) is 28.9 Å². The van der Waals surface area contributed by atoms with Crippen molar-refractivity contribution in [3.8, 4) is 22.4 Å². The van der Waals surface area contributed by atoms with Gasteiger partial charge in [0.25, 0.3) is 15.7 Å². The van der Waals surface area contributed by atoms with Crippen LogP contribution in [0.3, 0.4) is 0 Å². The Kier molecular flexibility index (Phi) is 13.4. The third kappa shape index (κ3) is 9.94. The maximum Gasteiger partial charge on any atom is 0.501 e. The van der Waals surface area contributed by atoms with Gasteiger partial charge in [-0.1, -0.05) is 54.1 Å². The van der Waals surface area contributed by atoms with E-state index in [1.165, 1.54) is 23.9 Å². The molecule has 1 saturated carbocycles. The number of hydrogen-bond acceptors (Lipinski definition) is 8. The van der Waals surface area contributed by atoms with E-state index in [9.17, 15) is 30.6 Å². The number of aromatic nitrogens is 1. The number of hydrogen-bond donors (Lipinski definition) is 3. The molecule has 17 heteroatoms. The maximum absolute atomic E-state index is 13.8. The fourth-order valence-corrected chi connectivity index (χ4v) is 10.6. The highest BCUT2D eigenvalue weighted by molar-refractivity contribution is 7.99. The van der Waals surface area contributed by atoms with Crippen LogP contribution in [0, 0.1) is 6.92 Å². The first kappa shape index (κ1) is 45.2. The van der Waals surface area contributed by atoms with Crippen molar-refractivity contribution in [1.29, 1.82) is 0 Å². The van der Waals surface area contributed by atoms with Gasteiger partial charge >= 0.3 is 5.51 Å². The number of sulfone groups is 1. The van der Waals surface area contributed by atoms with E-state index in [-0.39, 0.29) is 29.1 Å². The second-order valence-electron chi connectivity index (χ2n) is 15.6. The van der Waals surface area contributed by atoms with Crippen LogP contribution in [0.4, 0.5) is 35.9 Å². The molecule has 1 atom stereocenters. The number of thioether (sulfide) groups is 1. The monoisotopic (exact) mass is 946 g/mol. The third-order valence-corrected chi connectivity index (χ3v) is 15.3. The number of anilines is 4. The first-order valence-electron chi connectivity index (χ1n) is 20.7. The van der Waals surface area contributed by atoms with Crippen LogP contribution in [-0.2, 0) is 27.9 Å².